The van der Waals surface area contributed by atoms with Gasteiger partial charge in [0.1, 0.15) is 11.6 Å². The molecule has 8 nitrogen and oxygen atoms in total. The molecule has 8 heteroatoms. The summed E-state index contributed by atoms with van der Waals surface area (Å²) in [6.45, 7) is 5.52. The average Bonchev–Trinajstić information content (AvgIpc) is 2.75. The minimum Gasteiger partial charge on any atom is -0.493 e. The number of imide groups is 1. The highest BCUT2D eigenvalue weighted by atomic mass is 16.5. The normalized spacial score (nSPS) is 15.2. The number of carbonyl (C=O) groups is 3. The predicted octanol–water partition coefficient (Wildman–Crippen LogP) is 3.03. The second-order valence-electron chi connectivity index (χ2n) is 6.88. The summed E-state index contributed by atoms with van der Waals surface area (Å²) >= 11 is 0. The number of esters is 1. The number of carbonyl (C=O) groups excluding carboxylic acids is 3. The Morgan fingerprint density at radius 1 is 1.19 bits per heavy atom. The molecule has 0 unspecified atom stereocenters. The molecule has 0 aromatic heterocycles. The third-order valence-electron chi connectivity index (χ3n) is 4.62. The molecular weight excluding hydrogens is 400 g/mol. The van der Waals surface area contributed by atoms with Crippen LogP contribution in [-0.2, 0) is 19.1 Å². The van der Waals surface area contributed by atoms with E-state index < -0.39 is 17.8 Å². The topological polar surface area (TPSA) is 106 Å². The number of nitriles is 1. The lowest BCUT2D eigenvalue weighted by Crippen LogP contribution is -2.43. The van der Waals surface area contributed by atoms with Crippen LogP contribution in [0, 0.1) is 11.3 Å². The van der Waals surface area contributed by atoms with Gasteiger partial charge in [-0.25, -0.2) is 0 Å². The second-order valence-corrected chi connectivity index (χ2v) is 6.88. The lowest BCUT2D eigenvalue weighted by Gasteiger charge is -2.27. The van der Waals surface area contributed by atoms with Crippen molar-refractivity contribution in [2.75, 3.05) is 26.9 Å². The van der Waals surface area contributed by atoms with Gasteiger partial charge in [-0.05, 0) is 49.1 Å². The van der Waals surface area contributed by atoms with Crippen molar-refractivity contribution >= 4 is 23.9 Å². The molecule has 1 aromatic carbocycles. The molecule has 0 spiro atoms. The van der Waals surface area contributed by atoms with E-state index in [2.05, 4.69) is 0 Å². The molecule has 0 fully saturated rings. The van der Waals surface area contributed by atoms with Gasteiger partial charge in [-0.15, -0.1) is 0 Å². The van der Waals surface area contributed by atoms with Crippen molar-refractivity contribution in [3.8, 4) is 17.6 Å². The molecule has 0 saturated heterocycles. The third kappa shape index (κ3) is 5.72. The van der Waals surface area contributed by atoms with Crippen molar-refractivity contribution in [2.24, 2.45) is 0 Å². The van der Waals surface area contributed by atoms with E-state index in [1.807, 2.05) is 13.0 Å². The average molecular weight is 426 g/mol. The first-order valence-corrected chi connectivity index (χ1v) is 9.97. The SMILES string of the molecule is CCCOc1ccc(C=C2C(=O)N(CCCOC(C)=O)C(=O)C(C#N)=C2C)cc1OC. The van der Waals surface area contributed by atoms with Crippen LogP contribution in [0.15, 0.2) is 34.9 Å². The number of hydrogen-bond acceptors (Lipinski definition) is 7. The zero-order chi connectivity index (χ0) is 23.0. The number of nitrogens with zero attached hydrogens (tertiary/aromatic N) is 2. The lowest BCUT2D eigenvalue weighted by molar-refractivity contribution is -0.141. The van der Waals surface area contributed by atoms with Crippen molar-refractivity contribution < 1.29 is 28.6 Å². The van der Waals surface area contributed by atoms with Gasteiger partial charge in [0.05, 0.1) is 20.3 Å². The fourth-order valence-corrected chi connectivity index (χ4v) is 3.04. The van der Waals surface area contributed by atoms with Crippen molar-refractivity contribution in [3.05, 3.63) is 40.5 Å². The first-order valence-electron chi connectivity index (χ1n) is 9.97. The molecular formula is C23H26N2O6. The van der Waals surface area contributed by atoms with Crippen molar-refractivity contribution in [1.82, 2.24) is 4.90 Å². The Kier molecular flexibility index (Phi) is 8.38. The standard InChI is InChI=1S/C23H26N2O6/c1-5-10-31-20-8-7-17(13-21(20)29-4)12-18-15(2)19(14-24)23(28)25(22(18)27)9-6-11-30-16(3)26/h7-8,12-13H,5-6,9-11H2,1-4H3. The summed E-state index contributed by atoms with van der Waals surface area (Å²) in [6, 6.07) is 7.15. The first-order chi connectivity index (χ1) is 14.8. The van der Waals surface area contributed by atoms with E-state index in [0.717, 1.165) is 11.3 Å². The molecule has 0 N–H and O–H groups in total. The van der Waals surface area contributed by atoms with E-state index in [4.69, 9.17) is 14.2 Å². The number of ether oxygens (including phenoxy) is 3. The number of benzene rings is 1. The van der Waals surface area contributed by atoms with E-state index in [1.54, 1.807) is 31.2 Å². The van der Waals surface area contributed by atoms with Gasteiger partial charge < -0.3 is 14.2 Å². The first kappa shape index (κ1) is 23.7. The van der Waals surface area contributed by atoms with Crippen molar-refractivity contribution in [2.45, 2.75) is 33.6 Å². The Morgan fingerprint density at radius 3 is 2.55 bits per heavy atom. The van der Waals surface area contributed by atoms with Gasteiger partial charge >= 0.3 is 5.97 Å². The lowest BCUT2D eigenvalue weighted by atomic mass is 9.93. The molecule has 0 radical (unpaired) electrons. The van der Waals surface area contributed by atoms with Crippen LogP contribution in [0.2, 0.25) is 0 Å². The maximum atomic E-state index is 13.0. The van der Waals surface area contributed by atoms with E-state index in [-0.39, 0.29) is 30.7 Å². The van der Waals surface area contributed by atoms with Gasteiger partial charge in [0.25, 0.3) is 11.8 Å². The molecule has 2 amide bonds. The molecule has 0 atom stereocenters. The van der Waals surface area contributed by atoms with Crippen LogP contribution >= 0.6 is 0 Å². The molecule has 1 aromatic rings. The Labute approximate surface area is 181 Å². The predicted molar refractivity (Wildman–Crippen MR) is 113 cm³/mol. The summed E-state index contributed by atoms with van der Waals surface area (Å²) in [5, 5.41) is 9.47. The van der Waals surface area contributed by atoms with E-state index in [1.165, 1.54) is 14.0 Å². The number of methoxy groups -OCH3 is 1. The van der Waals surface area contributed by atoms with Gasteiger partial charge in [0, 0.05) is 19.0 Å². The fraction of sp³-hybridized carbons (Fsp3) is 0.391. The zero-order valence-electron chi connectivity index (χ0n) is 18.2. The van der Waals surface area contributed by atoms with Crippen LogP contribution in [0.5, 0.6) is 11.5 Å². The smallest absolute Gasteiger partial charge is 0.302 e. The van der Waals surface area contributed by atoms with Gasteiger partial charge in [0.2, 0.25) is 0 Å². The minimum atomic E-state index is -0.647. The van der Waals surface area contributed by atoms with Crippen LogP contribution in [0.1, 0.15) is 39.2 Å². The maximum absolute atomic E-state index is 13.0. The number of amides is 2. The van der Waals surface area contributed by atoms with E-state index >= 15 is 0 Å². The highest BCUT2D eigenvalue weighted by molar-refractivity contribution is 6.19. The van der Waals surface area contributed by atoms with Crippen LogP contribution in [-0.4, -0.2) is 49.6 Å². The number of rotatable bonds is 9. The molecule has 0 aliphatic carbocycles. The summed E-state index contributed by atoms with van der Waals surface area (Å²) in [5.41, 5.74) is 1.13. The zero-order valence-corrected chi connectivity index (χ0v) is 18.2. The number of hydrogen-bond donors (Lipinski definition) is 0. The molecule has 31 heavy (non-hydrogen) atoms. The minimum absolute atomic E-state index is 0.0356. The van der Waals surface area contributed by atoms with Gasteiger partial charge in [-0.3, -0.25) is 19.3 Å². The Bertz CT molecular complexity index is 971. The third-order valence-corrected chi connectivity index (χ3v) is 4.62. The highest BCUT2D eigenvalue weighted by Gasteiger charge is 2.35. The highest BCUT2D eigenvalue weighted by Crippen LogP contribution is 2.31. The van der Waals surface area contributed by atoms with Gasteiger partial charge in [0.15, 0.2) is 11.5 Å². The molecule has 0 saturated carbocycles. The maximum Gasteiger partial charge on any atom is 0.302 e. The molecule has 1 heterocycles. The second kappa shape index (κ2) is 11.0. The summed E-state index contributed by atoms with van der Waals surface area (Å²) < 4.78 is 15.9. The van der Waals surface area contributed by atoms with E-state index in [0.29, 0.717) is 29.2 Å². The van der Waals surface area contributed by atoms with Crippen LogP contribution in [0.4, 0.5) is 0 Å². The molecule has 1 aliphatic rings. The molecule has 2 rings (SSSR count). The molecule has 164 valence electrons. The van der Waals surface area contributed by atoms with Gasteiger partial charge in [-0.2, -0.15) is 5.26 Å². The van der Waals surface area contributed by atoms with E-state index in [9.17, 15) is 19.6 Å². The molecule has 0 bridgehead atoms. The summed E-state index contributed by atoms with van der Waals surface area (Å²) in [7, 11) is 1.53. The summed E-state index contributed by atoms with van der Waals surface area (Å²) in [4.78, 5) is 37.6. The van der Waals surface area contributed by atoms with Crippen LogP contribution in [0.3, 0.4) is 0 Å². The summed E-state index contributed by atoms with van der Waals surface area (Å²) in [6.07, 6.45) is 2.75. The Hall–Kier alpha value is -3.60. The largest absolute Gasteiger partial charge is 0.493 e. The quantitative estimate of drug-likeness (QED) is 0.259. The summed E-state index contributed by atoms with van der Waals surface area (Å²) in [5.74, 6) is -0.484. The van der Waals surface area contributed by atoms with Crippen molar-refractivity contribution in [3.63, 3.8) is 0 Å². The Balaban J connectivity index is 2.36. The van der Waals surface area contributed by atoms with Crippen LogP contribution < -0.4 is 9.47 Å². The Morgan fingerprint density at radius 2 is 1.94 bits per heavy atom. The molecule has 1 aliphatic heterocycles. The fourth-order valence-electron chi connectivity index (χ4n) is 3.04. The van der Waals surface area contributed by atoms with Gasteiger partial charge in [-0.1, -0.05) is 13.0 Å². The van der Waals surface area contributed by atoms with Crippen molar-refractivity contribution in [1.29, 1.82) is 5.26 Å². The monoisotopic (exact) mass is 426 g/mol. The van der Waals surface area contributed by atoms with Crippen LogP contribution in [0.25, 0.3) is 6.08 Å².